The van der Waals surface area contributed by atoms with Crippen molar-refractivity contribution < 1.29 is 18.7 Å². The van der Waals surface area contributed by atoms with Crippen molar-refractivity contribution >= 4 is 22.8 Å². The molecule has 7 nitrogen and oxygen atoms in total. The van der Waals surface area contributed by atoms with Gasteiger partial charge in [0.2, 0.25) is 0 Å². The van der Waals surface area contributed by atoms with Gasteiger partial charge in [-0.25, -0.2) is 13.8 Å². The molecule has 0 saturated carbocycles. The number of ether oxygens (including phenoxy) is 2. The van der Waals surface area contributed by atoms with Gasteiger partial charge in [-0.2, -0.15) is 4.98 Å². The average molecular weight is 374 g/mol. The van der Waals surface area contributed by atoms with Crippen molar-refractivity contribution in [3.05, 3.63) is 17.9 Å². The molecule has 2 heterocycles. The van der Waals surface area contributed by atoms with E-state index < -0.39 is 11.8 Å². The summed E-state index contributed by atoms with van der Waals surface area (Å²) in [5.41, 5.74) is 1.27. The van der Waals surface area contributed by atoms with Crippen molar-refractivity contribution in [1.82, 2.24) is 14.9 Å². The molecule has 8 heteroatoms. The van der Waals surface area contributed by atoms with E-state index in [4.69, 9.17) is 9.47 Å². The van der Waals surface area contributed by atoms with Gasteiger partial charge >= 0.3 is 12.0 Å². The molecule has 0 bridgehead atoms. The van der Waals surface area contributed by atoms with Crippen molar-refractivity contribution in [1.29, 1.82) is 0 Å². The highest BCUT2D eigenvalue weighted by atomic mass is 19.1. The van der Waals surface area contributed by atoms with Gasteiger partial charge in [0.15, 0.2) is 0 Å². The number of morpholine rings is 1. The molecule has 27 heavy (non-hydrogen) atoms. The van der Waals surface area contributed by atoms with Gasteiger partial charge in [-0.15, -0.1) is 0 Å². The van der Waals surface area contributed by atoms with Gasteiger partial charge in [0.1, 0.15) is 5.82 Å². The lowest BCUT2D eigenvalue weighted by molar-refractivity contribution is 0.122. The van der Waals surface area contributed by atoms with Crippen LogP contribution in [-0.2, 0) is 4.74 Å². The molecule has 1 aliphatic heterocycles. The second-order valence-electron chi connectivity index (χ2n) is 6.46. The first kappa shape index (κ1) is 19.0. The standard InChI is InChI=1S/C19H23FN4O3/c1-13(2)5-4-6-21-18(25)24-17-11-14(20)16(23-7-9-27-10-8-23)12-15(17)22-19(24)26-3/h11-13H,6-10H2,1-3H3,(H,21,25). The Balaban J connectivity index is 1.92. The fourth-order valence-electron chi connectivity index (χ4n) is 2.90. The number of nitrogens with zero attached hydrogens (tertiary/aromatic N) is 3. The SMILES string of the molecule is COc1nc2cc(N3CCOCC3)c(F)cc2n1C(=O)NCC#CC(C)C. The quantitative estimate of drug-likeness (QED) is 0.835. The Morgan fingerprint density at radius 3 is 2.81 bits per heavy atom. The zero-order valence-corrected chi connectivity index (χ0v) is 15.7. The minimum Gasteiger partial charge on any atom is -0.468 e. The molecule has 0 unspecified atom stereocenters. The van der Waals surface area contributed by atoms with Crippen LogP contribution < -0.4 is 15.0 Å². The molecule has 1 N–H and O–H groups in total. The summed E-state index contributed by atoms with van der Waals surface area (Å²) in [6.07, 6.45) is 0. The third-order valence-electron chi connectivity index (χ3n) is 4.15. The number of carbonyl (C=O) groups is 1. The van der Waals surface area contributed by atoms with Crippen LogP contribution in [0, 0.1) is 23.6 Å². The normalized spacial score (nSPS) is 14.2. The lowest BCUT2D eigenvalue weighted by Gasteiger charge is -2.29. The minimum absolute atomic E-state index is 0.0952. The Morgan fingerprint density at radius 2 is 2.15 bits per heavy atom. The first-order valence-electron chi connectivity index (χ1n) is 8.86. The van der Waals surface area contributed by atoms with Crippen molar-refractivity contribution in [3.8, 4) is 17.9 Å². The highest BCUT2D eigenvalue weighted by molar-refractivity contribution is 5.92. The van der Waals surface area contributed by atoms with Gasteiger partial charge in [-0.3, -0.25) is 0 Å². The number of carbonyl (C=O) groups excluding carboxylic acids is 1. The number of rotatable bonds is 3. The lowest BCUT2D eigenvalue weighted by Crippen LogP contribution is -2.36. The number of fused-ring (bicyclic) bond motifs is 1. The minimum atomic E-state index is -0.467. The topological polar surface area (TPSA) is 68.6 Å². The van der Waals surface area contributed by atoms with Crippen LogP contribution in [0.1, 0.15) is 13.8 Å². The van der Waals surface area contributed by atoms with E-state index in [2.05, 4.69) is 22.1 Å². The second kappa shape index (κ2) is 8.27. The molecule has 0 atom stereocenters. The zero-order chi connectivity index (χ0) is 19.4. The maximum Gasteiger partial charge on any atom is 0.330 e. The fraction of sp³-hybridized carbons (Fsp3) is 0.474. The number of methoxy groups -OCH3 is 1. The predicted molar refractivity (Wildman–Crippen MR) is 101 cm³/mol. The van der Waals surface area contributed by atoms with Crippen LogP contribution in [0.5, 0.6) is 6.01 Å². The van der Waals surface area contributed by atoms with E-state index in [1.807, 2.05) is 18.7 Å². The Bertz CT molecular complexity index is 892. The molecular weight excluding hydrogens is 351 g/mol. The van der Waals surface area contributed by atoms with Crippen molar-refractivity contribution in [2.75, 3.05) is 44.9 Å². The van der Waals surface area contributed by atoms with Crippen molar-refractivity contribution in [3.63, 3.8) is 0 Å². The van der Waals surface area contributed by atoms with Crippen LogP contribution in [0.25, 0.3) is 11.0 Å². The Morgan fingerprint density at radius 1 is 1.41 bits per heavy atom. The van der Waals surface area contributed by atoms with E-state index in [0.717, 1.165) is 0 Å². The molecule has 2 aromatic rings. The van der Waals surface area contributed by atoms with E-state index in [0.29, 0.717) is 43.0 Å². The van der Waals surface area contributed by atoms with Crippen LogP contribution in [0.15, 0.2) is 12.1 Å². The summed E-state index contributed by atoms with van der Waals surface area (Å²) in [6.45, 7) is 6.44. The van der Waals surface area contributed by atoms with Crippen LogP contribution in [0.2, 0.25) is 0 Å². The molecule has 1 aromatic heterocycles. The first-order valence-corrected chi connectivity index (χ1v) is 8.86. The Kier molecular flexibility index (Phi) is 5.81. The van der Waals surface area contributed by atoms with Crippen LogP contribution in [0.3, 0.4) is 0 Å². The Labute approximate surface area is 157 Å². The maximum atomic E-state index is 14.7. The molecular formula is C19H23FN4O3. The van der Waals surface area contributed by atoms with Gasteiger partial charge in [-0.1, -0.05) is 25.7 Å². The molecule has 1 aromatic carbocycles. The van der Waals surface area contributed by atoms with Gasteiger partial charge in [0, 0.05) is 25.1 Å². The van der Waals surface area contributed by atoms with Gasteiger partial charge in [-0.05, 0) is 6.07 Å². The molecule has 1 amide bonds. The van der Waals surface area contributed by atoms with Crippen LogP contribution in [0.4, 0.5) is 14.9 Å². The number of nitrogens with one attached hydrogen (secondary N) is 1. The summed E-state index contributed by atoms with van der Waals surface area (Å²) in [4.78, 5) is 18.8. The third kappa shape index (κ3) is 4.14. The highest BCUT2D eigenvalue weighted by Crippen LogP contribution is 2.29. The van der Waals surface area contributed by atoms with Gasteiger partial charge in [0.25, 0.3) is 0 Å². The van der Waals surface area contributed by atoms with Gasteiger partial charge < -0.3 is 19.7 Å². The summed E-state index contributed by atoms with van der Waals surface area (Å²) in [5.74, 6) is 5.65. The van der Waals surface area contributed by atoms with Crippen LogP contribution in [-0.4, -0.2) is 55.5 Å². The van der Waals surface area contributed by atoms with E-state index in [1.54, 1.807) is 6.07 Å². The van der Waals surface area contributed by atoms with E-state index in [-0.39, 0.29) is 18.5 Å². The molecule has 0 spiro atoms. The summed E-state index contributed by atoms with van der Waals surface area (Å²) in [7, 11) is 1.42. The smallest absolute Gasteiger partial charge is 0.330 e. The number of amides is 1. The number of benzene rings is 1. The number of hydrogen-bond donors (Lipinski definition) is 1. The number of halogens is 1. The first-order chi connectivity index (χ1) is 13.0. The third-order valence-corrected chi connectivity index (χ3v) is 4.15. The van der Waals surface area contributed by atoms with Gasteiger partial charge in [0.05, 0.1) is 43.6 Å². The van der Waals surface area contributed by atoms with Crippen LogP contribution >= 0.6 is 0 Å². The predicted octanol–water partition coefficient (Wildman–Crippen LogP) is 2.24. The van der Waals surface area contributed by atoms with Crippen molar-refractivity contribution in [2.24, 2.45) is 5.92 Å². The largest absolute Gasteiger partial charge is 0.468 e. The average Bonchev–Trinajstić information content (AvgIpc) is 3.02. The zero-order valence-electron chi connectivity index (χ0n) is 15.7. The number of hydrogen-bond acceptors (Lipinski definition) is 5. The molecule has 0 radical (unpaired) electrons. The Hall–Kier alpha value is -2.79. The number of anilines is 1. The molecule has 1 saturated heterocycles. The number of imidazole rings is 1. The van der Waals surface area contributed by atoms with E-state index in [1.165, 1.54) is 17.7 Å². The summed E-state index contributed by atoms with van der Waals surface area (Å²) in [5, 5.41) is 2.69. The molecule has 144 valence electrons. The number of aromatic nitrogens is 2. The maximum absolute atomic E-state index is 14.7. The summed E-state index contributed by atoms with van der Waals surface area (Å²) in [6, 6.07) is 2.58. The van der Waals surface area contributed by atoms with E-state index >= 15 is 0 Å². The monoisotopic (exact) mass is 374 g/mol. The van der Waals surface area contributed by atoms with E-state index in [9.17, 15) is 9.18 Å². The summed E-state index contributed by atoms with van der Waals surface area (Å²) < 4.78 is 26.5. The second-order valence-corrected chi connectivity index (χ2v) is 6.46. The molecule has 3 rings (SSSR count). The van der Waals surface area contributed by atoms with Crippen molar-refractivity contribution in [2.45, 2.75) is 13.8 Å². The molecule has 1 fully saturated rings. The fourth-order valence-corrected chi connectivity index (χ4v) is 2.90. The lowest BCUT2D eigenvalue weighted by atomic mass is 10.2. The summed E-state index contributed by atoms with van der Waals surface area (Å²) >= 11 is 0. The molecule has 1 aliphatic rings. The molecule has 0 aliphatic carbocycles. The highest BCUT2D eigenvalue weighted by Gasteiger charge is 2.22.